The molecular formula is C29H29NO6. The molecule has 3 aromatic rings. The van der Waals surface area contributed by atoms with Crippen LogP contribution in [0, 0.1) is 0 Å². The molecule has 7 heteroatoms. The van der Waals surface area contributed by atoms with E-state index >= 15 is 0 Å². The van der Waals surface area contributed by atoms with Crippen molar-refractivity contribution in [3.63, 3.8) is 0 Å². The number of Topliss-reactive ketones (excluding diaryl/α,β-unsaturated/α-hetero) is 1. The fourth-order valence-electron chi connectivity index (χ4n) is 4.17. The molecule has 0 spiro atoms. The Morgan fingerprint density at radius 2 is 1.56 bits per heavy atom. The van der Waals surface area contributed by atoms with E-state index in [0.717, 1.165) is 6.42 Å². The molecule has 0 radical (unpaired) electrons. The molecule has 1 amide bonds. The fraction of sp³-hybridized carbons (Fsp3) is 0.241. The van der Waals surface area contributed by atoms with Gasteiger partial charge in [0.05, 0.1) is 31.9 Å². The summed E-state index contributed by atoms with van der Waals surface area (Å²) >= 11 is 0. The molecule has 4 rings (SSSR count). The van der Waals surface area contributed by atoms with Gasteiger partial charge in [0.2, 0.25) is 0 Å². The van der Waals surface area contributed by atoms with Crippen LogP contribution in [0.3, 0.4) is 0 Å². The molecule has 0 aromatic heterocycles. The van der Waals surface area contributed by atoms with Gasteiger partial charge in [0.1, 0.15) is 23.0 Å². The van der Waals surface area contributed by atoms with Crippen LogP contribution < -0.4 is 19.1 Å². The minimum Gasteiger partial charge on any atom is -0.507 e. The van der Waals surface area contributed by atoms with Gasteiger partial charge >= 0.3 is 0 Å². The monoisotopic (exact) mass is 487 g/mol. The molecular weight excluding hydrogens is 458 g/mol. The van der Waals surface area contributed by atoms with Crippen LogP contribution >= 0.6 is 0 Å². The molecule has 1 atom stereocenters. The Kier molecular flexibility index (Phi) is 7.59. The van der Waals surface area contributed by atoms with Crippen molar-refractivity contribution in [1.29, 1.82) is 0 Å². The maximum absolute atomic E-state index is 13.3. The van der Waals surface area contributed by atoms with E-state index in [1.807, 2.05) is 13.8 Å². The third-order valence-electron chi connectivity index (χ3n) is 5.88. The van der Waals surface area contributed by atoms with E-state index in [1.165, 1.54) is 12.0 Å². The van der Waals surface area contributed by atoms with Crippen LogP contribution in [0.15, 0.2) is 78.4 Å². The van der Waals surface area contributed by atoms with Crippen LogP contribution in [0.5, 0.6) is 17.2 Å². The molecule has 1 aliphatic rings. The topological polar surface area (TPSA) is 85.3 Å². The Morgan fingerprint density at radius 1 is 0.889 bits per heavy atom. The highest BCUT2D eigenvalue weighted by Crippen LogP contribution is 2.43. The fourth-order valence-corrected chi connectivity index (χ4v) is 4.17. The van der Waals surface area contributed by atoms with Gasteiger partial charge in [-0.05, 0) is 67.4 Å². The number of ketones is 1. The molecule has 3 aromatic carbocycles. The van der Waals surface area contributed by atoms with E-state index in [-0.39, 0.29) is 11.3 Å². The van der Waals surface area contributed by atoms with Crippen molar-refractivity contribution >= 4 is 23.1 Å². The number of anilines is 1. The summed E-state index contributed by atoms with van der Waals surface area (Å²) < 4.78 is 16.5. The van der Waals surface area contributed by atoms with Gasteiger partial charge in [0.15, 0.2) is 0 Å². The number of carbonyl (C=O) groups excluding carboxylic acids is 2. The van der Waals surface area contributed by atoms with Gasteiger partial charge in [-0.2, -0.15) is 0 Å². The molecule has 0 aliphatic carbocycles. The number of amides is 1. The van der Waals surface area contributed by atoms with E-state index in [1.54, 1.807) is 72.8 Å². The lowest BCUT2D eigenvalue weighted by atomic mass is 9.95. The summed E-state index contributed by atoms with van der Waals surface area (Å²) in [6.07, 6.45) is 0.875. The van der Waals surface area contributed by atoms with Crippen LogP contribution in [-0.2, 0) is 9.59 Å². The number of carbonyl (C=O) groups is 2. The van der Waals surface area contributed by atoms with Crippen molar-refractivity contribution in [2.24, 2.45) is 0 Å². The van der Waals surface area contributed by atoms with Gasteiger partial charge in [0.25, 0.3) is 11.7 Å². The van der Waals surface area contributed by atoms with Crippen molar-refractivity contribution in [3.05, 3.63) is 89.5 Å². The van der Waals surface area contributed by atoms with Crippen molar-refractivity contribution < 1.29 is 28.9 Å². The number of ether oxygens (including phenoxy) is 3. The highest BCUT2D eigenvalue weighted by molar-refractivity contribution is 6.51. The van der Waals surface area contributed by atoms with Gasteiger partial charge in [-0.15, -0.1) is 0 Å². The maximum atomic E-state index is 13.3. The summed E-state index contributed by atoms with van der Waals surface area (Å²) in [4.78, 5) is 28.1. The second-order valence-electron chi connectivity index (χ2n) is 8.25. The summed E-state index contributed by atoms with van der Waals surface area (Å²) in [7, 11) is 1.53. The van der Waals surface area contributed by atoms with Gasteiger partial charge < -0.3 is 19.3 Å². The standard InChI is InChI=1S/C29H29NO6/c1-4-17-36-23-13-9-19(10-14-23)26-25(27(31)20-11-15-22(16-12-20)35-5-2)28(32)29(33)30(26)21-7-6-8-24(18-21)34-3/h6-16,18,26,31H,4-5,17H2,1-3H3/b27-25+. The quantitative estimate of drug-likeness (QED) is 0.243. The van der Waals surface area contributed by atoms with Crippen LogP contribution in [0.1, 0.15) is 37.4 Å². The molecule has 1 saturated heterocycles. The lowest BCUT2D eigenvalue weighted by molar-refractivity contribution is -0.132. The summed E-state index contributed by atoms with van der Waals surface area (Å²) in [5.74, 6) is 0.129. The Hall–Kier alpha value is -4.26. The zero-order valence-electron chi connectivity index (χ0n) is 20.6. The summed E-state index contributed by atoms with van der Waals surface area (Å²) in [6, 6.07) is 20.1. The molecule has 186 valence electrons. The largest absolute Gasteiger partial charge is 0.507 e. The average molecular weight is 488 g/mol. The maximum Gasteiger partial charge on any atom is 0.300 e. The van der Waals surface area contributed by atoms with E-state index in [9.17, 15) is 14.7 Å². The molecule has 1 heterocycles. The molecule has 1 unspecified atom stereocenters. The second-order valence-corrected chi connectivity index (χ2v) is 8.25. The van der Waals surface area contributed by atoms with Crippen LogP contribution in [0.2, 0.25) is 0 Å². The SMILES string of the molecule is CCCOc1ccc(C2/C(=C(\O)c3ccc(OCC)cc3)C(=O)C(=O)N2c2cccc(OC)c2)cc1. The summed E-state index contributed by atoms with van der Waals surface area (Å²) in [5, 5.41) is 11.3. The van der Waals surface area contributed by atoms with Crippen LogP contribution in [0.4, 0.5) is 5.69 Å². The predicted molar refractivity (Wildman–Crippen MR) is 138 cm³/mol. The first-order chi connectivity index (χ1) is 17.5. The Balaban J connectivity index is 1.84. The lowest BCUT2D eigenvalue weighted by Gasteiger charge is -2.26. The van der Waals surface area contributed by atoms with E-state index < -0.39 is 17.7 Å². The number of nitrogens with zero attached hydrogens (tertiary/aromatic N) is 1. The van der Waals surface area contributed by atoms with E-state index in [0.29, 0.717) is 47.3 Å². The van der Waals surface area contributed by atoms with Crippen LogP contribution in [0.25, 0.3) is 5.76 Å². The number of rotatable bonds is 9. The van der Waals surface area contributed by atoms with Crippen molar-refractivity contribution in [2.75, 3.05) is 25.2 Å². The molecule has 0 saturated carbocycles. The number of hydrogen-bond donors (Lipinski definition) is 1. The lowest BCUT2D eigenvalue weighted by Crippen LogP contribution is -2.29. The molecule has 0 bridgehead atoms. The zero-order valence-corrected chi connectivity index (χ0v) is 20.6. The van der Waals surface area contributed by atoms with Crippen LogP contribution in [-0.4, -0.2) is 37.1 Å². The minimum atomic E-state index is -0.844. The van der Waals surface area contributed by atoms with Gasteiger partial charge in [-0.1, -0.05) is 25.1 Å². The molecule has 7 nitrogen and oxygen atoms in total. The van der Waals surface area contributed by atoms with Crippen molar-refractivity contribution in [1.82, 2.24) is 0 Å². The highest BCUT2D eigenvalue weighted by Gasteiger charge is 2.47. The highest BCUT2D eigenvalue weighted by atomic mass is 16.5. The van der Waals surface area contributed by atoms with Gasteiger partial charge in [-0.25, -0.2) is 0 Å². The Labute approximate surface area is 210 Å². The molecule has 1 aliphatic heterocycles. The third kappa shape index (κ3) is 4.91. The first kappa shape index (κ1) is 24.9. The van der Waals surface area contributed by atoms with Crippen molar-refractivity contribution in [2.45, 2.75) is 26.3 Å². The minimum absolute atomic E-state index is 0.00852. The Morgan fingerprint density at radius 3 is 2.19 bits per heavy atom. The number of benzene rings is 3. The second kappa shape index (κ2) is 11.0. The zero-order chi connectivity index (χ0) is 25.7. The molecule has 1 N–H and O–H groups in total. The normalized spacial score (nSPS) is 16.8. The van der Waals surface area contributed by atoms with E-state index in [4.69, 9.17) is 14.2 Å². The van der Waals surface area contributed by atoms with E-state index in [2.05, 4.69) is 0 Å². The van der Waals surface area contributed by atoms with Crippen molar-refractivity contribution in [3.8, 4) is 17.2 Å². The first-order valence-electron chi connectivity index (χ1n) is 11.9. The third-order valence-corrected chi connectivity index (χ3v) is 5.88. The number of aliphatic hydroxyl groups excluding tert-OH is 1. The van der Waals surface area contributed by atoms with Gasteiger partial charge in [-0.3, -0.25) is 14.5 Å². The Bertz CT molecular complexity index is 1260. The number of methoxy groups -OCH3 is 1. The summed E-state index contributed by atoms with van der Waals surface area (Å²) in [6.45, 7) is 5.00. The number of hydrogen-bond acceptors (Lipinski definition) is 6. The summed E-state index contributed by atoms with van der Waals surface area (Å²) in [5.41, 5.74) is 1.57. The molecule has 36 heavy (non-hydrogen) atoms. The van der Waals surface area contributed by atoms with Gasteiger partial charge in [0, 0.05) is 17.3 Å². The smallest absolute Gasteiger partial charge is 0.300 e. The first-order valence-corrected chi connectivity index (χ1v) is 11.9. The predicted octanol–water partition coefficient (Wildman–Crippen LogP) is 5.51. The average Bonchev–Trinajstić information content (AvgIpc) is 3.18. The molecule has 1 fully saturated rings. The number of aliphatic hydroxyl groups is 1.